The number of nitrogens with zero attached hydrogens (tertiary/aromatic N) is 1. The lowest BCUT2D eigenvalue weighted by Gasteiger charge is -2.27. The maximum atomic E-state index is 12.3. The average Bonchev–Trinajstić information content (AvgIpc) is 3.01. The molecule has 3 rings (SSSR count). The van der Waals surface area contributed by atoms with Crippen LogP contribution in [0.2, 0.25) is 5.02 Å². The highest BCUT2D eigenvalue weighted by atomic mass is 35.5. The van der Waals surface area contributed by atoms with Crippen molar-refractivity contribution in [3.05, 3.63) is 65.2 Å². The Kier molecular flexibility index (Phi) is 4.84. The summed E-state index contributed by atoms with van der Waals surface area (Å²) in [6.07, 6.45) is 0. The summed E-state index contributed by atoms with van der Waals surface area (Å²) >= 11 is 5.96. The smallest absolute Gasteiger partial charge is 0.313 e. The van der Waals surface area contributed by atoms with Crippen LogP contribution in [-0.4, -0.2) is 19.2 Å². The summed E-state index contributed by atoms with van der Waals surface area (Å²) < 4.78 is 5.21. The summed E-state index contributed by atoms with van der Waals surface area (Å²) in [6.45, 7) is 2.46. The van der Waals surface area contributed by atoms with E-state index in [0.717, 1.165) is 11.3 Å². The maximum Gasteiger partial charge on any atom is 0.313 e. The fraction of sp³-hybridized carbons (Fsp3) is 0.278. The fourth-order valence-corrected chi connectivity index (χ4v) is 2.91. The maximum absolute atomic E-state index is 12.3. The van der Waals surface area contributed by atoms with Gasteiger partial charge in [-0.05, 0) is 36.8 Å². The monoisotopic (exact) mass is 331 g/mol. The van der Waals surface area contributed by atoms with E-state index in [1.54, 1.807) is 17.2 Å². The van der Waals surface area contributed by atoms with Crippen molar-refractivity contribution < 1.29 is 14.4 Å². The second kappa shape index (κ2) is 7.02. The van der Waals surface area contributed by atoms with Crippen molar-refractivity contribution in [1.82, 2.24) is 0 Å². The molecule has 1 aliphatic rings. The van der Waals surface area contributed by atoms with E-state index in [-0.39, 0.29) is 17.9 Å². The second-order valence-corrected chi connectivity index (χ2v) is 5.75. The number of anilines is 1. The number of rotatable bonds is 4. The molecule has 0 saturated carbocycles. The Bertz CT molecular complexity index is 660. The van der Waals surface area contributed by atoms with Gasteiger partial charge in [0.1, 0.15) is 5.92 Å². The first kappa shape index (κ1) is 15.8. The highest BCUT2D eigenvalue weighted by Crippen LogP contribution is 2.39. The molecule has 1 fully saturated rings. The third-order valence-electron chi connectivity index (χ3n) is 3.84. The lowest BCUT2D eigenvalue weighted by atomic mass is 9.94. The van der Waals surface area contributed by atoms with Gasteiger partial charge >= 0.3 is 5.97 Å². The predicted molar refractivity (Wildman–Crippen MR) is 89.2 cm³/mol. The summed E-state index contributed by atoms with van der Waals surface area (Å²) in [5, 5.41) is 2.43. The Morgan fingerprint density at radius 3 is 2.57 bits per heavy atom. The number of carbonyl (C=O) groups excluding carboxylic acids is 1. The highest BCUT2D eigenvalue weighted by Gasteiger charge is 2.42. The van der Waals surface area contributed by atoms with Gasteiger partial charge < -0.3 is 4.74 Å². The summed E-state index contributed by atoms with van der Waals surface area (Å²) in [5.41, 5.74) is 1.87. The van der Waals surface area contributed by atoms with E-state index in [0.29, 0.717) is 18.2 Å². The van der Waals surface area contributed by atoms with Gasteiger partial charge in [0.2, 0.25) is 0 Å². The van der Waals surface area contributed by atoms with Crippen molar-refractivity contribution in [3.63, 3.8) is 0 Å². The molecule has 0 aromatic heterocycles. The Morgan fingerprint density at radius 2 is 1.91 bits per heavy atom. The zero-order valence-electron chi connectivity index (χ0n) is 12.8. The summed E-state index contributed by atoms with van der Waals surface area (Å²) in [5.74, 6) is -0.606. The topological polar surface area (TPSA) is 38.8 Å². The van der Waals surface area contributed by atoms with Crippen molar-refractivity contribution in [1.29, 1.82) is 0 Å². The van der Waals surface area contributed by atoms with Crippen LogP contribution in [0.5, 0.6) is 0 Å². The van der Waals surface area contributed by atoms with Crippen LogP contribution in [0.25, 0.3) is 0 Å². The molecule has 0 unspecified atom stereocenters. The summed E-state index contributed by atoms with van der Waals surface area (Å²) in [7, 11) is 0. The normalized spacial score (nSPS) is 20.5. The molecule has 120 valence electrons. The Labute approximate surface area is 140 Å². The van der Waals surface area contributed by atoms with Gasteiger partial charge in [-0.2, -0.15) is 0 Å². The van der Waals surface area contributed by atoms with Gasteiger partial charge in [-0.3, -0.25) is 9.63 Å². The van der Waals surface area contributed by atoms with Crippen molar-refractivity contribution >= 4 is 23.3 Å². The largest absolute Gasteiger partial charge is 0.466 e. The average molecular weight is 332 g/mol. The Balaban J connectivity index is 1.95. The molecule has 2 aromatic rings. The third kappa shape index (κ3) is 3.33. The van der Waals surface area contributed by atoms with Gasteiger partial charge in [-0.1, -0.05) is 41.9 Å². The highest BCUT2D eigenvalue weighted by molar-refractivity contribution is 6.30. The first-order valence-electron chi connectivity index (χ1n) is 7.60. The Morgan fingerprint density at radius 1 is 1.22 bits per heavy atom. The molecule has 1 saturated heterocycles. The second-order valence-electron chi connectivity index (χ2n) is 5.31. The van der Waals surface area contributed by atoms with E-state index in [4.69, 9.17) is 21.2 Å². The number of ether oxygens (including phenoxy) is 1. The molecule has 1 aliphatic heterocycles. The fourth-order valence-electron chi connectivity index (χ4n) is 2.78. The van der Waals surface area contributed by atoms with E-state index < -0.39 is 0 Å². The molecule has 0 N–H and O–H groups in total. The van der Waals surface area contributed by atoms with Crippen molar-refractivity contribution in [2.75, 3.05) is 18.3 Å². The third-order valence-corrected chi connectivity index (χ3v) is 4.09. The minimum Gasteiger partial charge on any atom is -0.466 e. The number of hydrogen-bond donors (Lipinski definition) is 0. The van der Waals surface area contributed by atoms with Crippen LogP contribution in [0.15, 0.2) is 54.6 Å². The van der Waals surface area contributed by atoms with Crippen LogP contribution in [-0.2, 0) is 14.4 Å². The first-order valence-corrected chi connectivity index (χ1v) is 7.98. The Hall–Kier alpha value is -2.04. The minimum atomic E-state index is -0.368. The number of hydrogen-bond acceptors (Lipinski definition) is 4. The van der Waals surface area contributed by atoms with E-state index in [9.17, 15) is 4.79 Å². The van der Waals surface area contributed by atoms with E-state index in [1.807, 2.05) is 49.4 Å². The lowest BCUT2D eigenvalue weighted by molar-refractivity contribution is -0.148. The summed E-state index contributed by atoms with van der Waals surface area (Å²) in [6, 6.07) is 17.0. The van der Waals surface area contributed by atoms with Crippen molar-refractivity contribution in [2.45, 2.75) is 13.0 Å². The van der Waals surface area contributed by atoms with Crippen molar-refractivity contribution in [2.24, 2.45) is 5.92 Å². The first-order chi connectivity index (χ1) is 11.2. The molecule has 4 nitrogen and oxygen atoms in total. The zero-order valence-corrected chi connectivity index (χ0v) is 13.6. The van der Waals surface area contributed by atoms with Gasteiger partial charge in [0.15, 0.2) is 0 Å². The molecule has 2 atom stereocenters. The zero-order chi connectivity index (χ0) is 16.2. The number of hydroxylamine groups is 1. The SMILES string of the molecule is CCOC(=O)[C@@H]1CON(c2ccc(Cl)cc2)[C@H]1c1ccccc1. The molecular weight excluding hydrogens is 314 g/mol. The standard InChI is InChI=1S/C18H18ClNO3/c1-2-22-18(21)16-12-23-20(15-10-8-14(19)9-11-15)17(16)13-6-4-3-5-7-13/h3-11,16-17H,2,12H2,1H3/t16-,17+/m1/s1. The van der Waals surface area contributed by atoms with Crippen LogP contribution in [0.3, 0.4) is 0 Å². The van der Waals surface area contributed by atoms with E-state index in [2.05, 4.69) is 0 Å². The summed E-state index contributed by atoms with van der Waals surface area (Å²) in [4.78, 5) is 18.1. The number of benzene rings is 2. The van der Waals surface area contributed by atoms with Crippen LogP contribution >= 0.6 is 11.6 Å². The van der Waals surface area contributed by atoms with E-state index >= 15 is 0 Å². The molecule has 0 bridgehead atoms. The predicted octanol–water partition coefficient (Wildman–Crippen LogP) is 4.01. The number of halogens is 1. The minimum absolute atomic E-state index is 0.226. The molecule has 1 heterocycles. The number of esters is 1. The molecule has 2 aromatic carbocycles. The van der Waals surface area contributed by atoms with Gasteiger partial charge in [-0.25, -0.2) is 5.06 Å². The van der Waals surface area contributed by atoms with Gasteiger partial charge in [-0.15, -0.1) is 0 Å². The molecular formula is C18H18ClNO3. The molecule has 5 heteroatoms. The van der Waals surface area contributed by atoms with Crippen LogP contribution < -0.4 is 5.06 Å². The molecule has 0 spiro atoms. The van der Waals surface area contributed by atoms with Crippen LogP contribution in [0.1, 0.15) is 18.5 Å². The molecule has 0 radical (unpaired) electrons. The van der Waals surface area contributed by atoms with Crippen molar-refractivity contribution in [3.8, 4) is 0 Å². The van der Waals surface area contributed by atoms with Gasteiger partial charge in [0.25, 0.3) is 0 Å². The van der Waals surface area contributed by atoms with E-state index in [1.165, 1.54) is 0 Å². The molecule has 0 aliphatic carbocycles. The molecule has 23 heavy (non-hydrogen) atoms. The lowest BCUT2D eigenvalue weighted by Crippen LogP contribution is -2.29. The van der Waals surface area contributed by atoms with Gasteiger partial charge in [0, 0.05) is 5.02 Å². The number of carbonyl (C=O) groups is 1. The van der Waals surface area contributed by atoms with Crippen LogP contribution in [0, 0.1) is 5.92 Å². The molecule has 0 amide bonds. The quantitative estimate of drug-likeness (QED) is 0.793. The van der Waals surface area contributed by atoms with Gasteiger partial charge in [0.05, 0.1) is 24.9 Å². The van der Waals surface area contributed by atoms with Crippen LogP contribution in [0.4, 0.5) is 5.69 Å².